The summed E-state index contributed by atoms with van der Waals surface area (Å²) in [7, 11) is 3.03. The number of methoxy groups -OCH3 is 2. The van der Waals surface area contributed by atoms with E-state index >= 15 is 0 Å². The van der Waals surface area contributed by atoms with E-state index < -0.39 is 0 Å². The highest BCUT2D eigenvalue weighted by atomic mass is 16.5. The van der Waals surface area contributed by atoms with Crippen molar-refractivity contribution < 1.29 is 19.4 Å². The van der Waals surface area contributed by atoms with Crippen LogP contribution in [0.2, 0.25) is 0 Å². The van der Waals surface area contributed by atoms with Gasteiger partial charge in [0.2, 0.25) is 0 Å². The van der Waals surface area contributed by atoms with Crippen molar-refractivity contribution in [3.8, 4) is 11.5 Å². The highest BCUT2D eigenvalue weighted by molar-refractivity contribution is 6.04. The second-order valence-corrected chi connectivity index (χ2v) is 4.19. The minimum absolute atomic E-state index is 0.199. The van der Waals surface area contributed by atoms with Gasteiger partial charge in [-0.1, -0.05) is 6.07 Å². The lowest BCUT2D eigenvalue weighted by Crippen LogP contribution is -2.14. The summed E-state index contributed by atoms with van der Waals surface area (Å²) in [6, 6.07) is 8.24. The fourth-order valence-electron chi connectivity index (χ4n) is 1.84. The molecule has 0 saturated heterocycles. The van der Waals surface area contributed by atoms with Gasteiger partial charge in [0.25, 0.3) is 5.91 Å². The highest BCUT2D eigenvalue weighted by Crippen LogP contribution is 2.27. The number of amides is 1. The zero-order chi connectivity index (χ0) is 15.2. The molecule has 6 nitrogen and oxygen atoms in total. The van der Waals surface area contributed by atoms with Crippen molar-refractivity contribution in [2.45, 2.75) is 6.61 Å². The van der Waals surface area contributed by atoms with Crippen LogP contribution in [-0.4, -0.2) is 30.2 Å². The fraction of sp³-hybridized carbons (Fsp3) is 0.200. The topological polar surface area (TPSA) is 80.7 Å². The van der Waals surface area contributed by atoms with Crippen molar-refractivity contribution >= 4 is 11.7 Å². The minimum atomic E-state index is -0.343. The first-order valence-corrected chi connectivity index (χ1v) is 6.27. The lowest BCUT2D eigenvalue weighted by atomic mass is 10.2. The number of aromatic nitrogens is 1. The maximum atomic E-state index is 12.2. The molecule has 0 aliphatic heterocycles. The summed E-state index contributed by atoms with van der Waals surface area (Å²) in [4.78, 5) is 16.3. The molecule has 0 unspecified atom stereocenters. The van der Waals surface area contributed by atoms with E-state index in [9.17, 15) is 9.90 Å². The first-order chi connectivity index (χ1) is 10.2. The maximum absolute atomic E-state index is 12.2. The van der Waals surface area contributed by atoms with E-state index in [0.29, 0.717) is 28.4 Å². The number of hydrogen-bond donors (Lipinski definition) is 2. The van der Waals surface area contributed by atoms with Crippen LogP contribution in [0.5, 0.6) is 11.5 Å². The van der Waals surface area contributed by atoms with Crippen LogP contribution in [0.4, 0.5) is 5.82 Å². The van der Waals surface area contributed by atoms with E-state index in [2.05, 4.69) is 10.3 Å². The Kier molecular flexibility index (Phi) is 4.73. The molecule has 0 fully saturated rings. The molecule has 1 aromatic heterocycles. The molecular formula is C15H16N2O4. The van der Waals surface area contributed by atoms with Crippen LogP contribution in [0.3, 0.4) is 0 Å². The molecule has 0 aliphatic carbocycles. The van der Waals surface area contributed by atoms with E-state index in [4.69, 9.17) is 9.47 Å². The number of nitrogens with one attached hydrogen (secondary N) is 1. The van der Waals surface area contributed by atoms with E-state index in [-0.39, 0.29) is 12.5 Å². The molecule has 0 radical (unpaired) electrons. The first-order valence-electron chi connectivity index (χ1n) is 6.27. The van der Waals surface area contributed by atoms with E-state index in [1.54, 1.807) is 36.5 Å². The molecule has 110 valence electrons. The predicted molar refractivity (Wildman–Crippen MR) is 77.7 cm³/mol. The predicted octanol–water partition coefficient (Wildman–Crippen LogP) is 1.84. The second kappa shape index (κ2) is 6.71. The zero-order valence-electron chi connectivity index (χ0n) is 11.8. The molecule has 1 aromatic carbocycles. The molecular weight excluding hydrogens is 272 g/mol. The Morgan fingerprint density at radius 2 is 2.00 bits per heavy atom. The number of carbonyl (C=O) groups is 1. The number of benzene rings is 1. The highest BCUT2D eigenvalue weighted by Gasteiger charge is 2.12. The second-order valence-electron chi connectivity index (χ2n) is 4.19. The van der Waals surface area contributed by atoms with Crippen molar-refractivity contribution in [3.05, 3.63) is 47.7 Å². The summed E-state index contributed by atoms with van der Waals surface area (Å²) in [5.41, 5.74) is 0.952. The number of pyridine rings is 1. The average Bonchev–Trinajstić information content (AvgIpc) is 2.54. The van der Waals surface area contributed by atoms with Gasteiger partial charge in [-0.15, -0.1) is 0 Å². The van der Waals surface area contributed by atoms with Crippen LogP contribution in [-0.2, 0) is 6.61 Å². The van der Waals surface area contributed by atoms with Gasteiger partial charge in [0.1, 0.15) is 5.82 Å². The van der Waals surface area contributed by atoms with Crippen LogP contribution >= 0.6 is 0 Å². The third-order valence-corrected chi connectivity index (χ3v) is 2.94. The summed E-state index contributed by atoms with van der Waals surface area (Å²) >= 11 is 0. The number of carbonyl (C=O) groups excluding carboxylic acids is 1. The molecule has 1 heterocycles. The Hall–Kier alpha value is -2.60. The fourth-order valence-corrected chi connectivity index (χ4v) is 1.84. The largest absolute Gasteiger partial charge is 0.493 e. The average molecular weight is 288 g/mol. The lowest BCUT2D eigenvalue weighted by molar-refractivity contribution is 0.102. The third-order valence-electron chi connectivity index (χ3n) is 2.94. The van der Waals surface area contributed by atoms with Gasteiger partial charge in [0.05, 0.1) is 20.8 Å². The van der Waals surface area contributed by atoms with Gasteiger partial charge in [-0.25, -0.2) is 4.98 Å². The molecule has 0 atom stereocenters. The smallest absolute Gasteiger partial charge is 0.256 e. The monoisotopic (exact) mass is 288 g/mol. The molecule has 0 aliphatic rings. The Bertz CT molecular complexity index is 643. The maximum Gasteiger partial charge on any atom is 0.256 e. The standard InChI is InChI=1S/C15H16N2O4/c1-20-12-6-5-10(8-13(12)21-2)15(19)17-14-11(9-18)4-3-7-16-14/h3-8,18H,9H2,1-2H3,(H,16,17,19). The Labute approximate surface area is 122 Å². The van der Waals surface area contributed by atoms with Crippen molar-refractivity contribution in [2.24, 2.45) is 0 Å². The number of anilines is 1. The van der Waals surface area contributed by atoms with E-state index in [1.807, 2.05) is 0 Å². The number of nitrogens with zero attached hydrogens (tertiary/aromatic N) is 1. The summed E-state index contributed by atoms with van der Waals surface area (Å²) in [6.45, 7) is -0.199. The van der Waals surface area contributed by atoms with Gasteiger partial charge < -0.3 is 19.9 Å². The Balaban J connectivity index is 2.24. The van der Waals surface area contributed by atoms with Crippen LogP contribution in [0.15, 0.2) is 36.5 Å². The van der Waals surface area contributed by atoms with E-state index in [1.165, 1.54) is 14.2 Å². The number of rotatable bonds is 5. The number of aliphatic hydroxyl groups excluding tert-OH is 1. The molecule has 1 amide bonds. The van der Waals surface area contributed by atoms with E-state index in [0.717, 1.165) is 0 Å². The molecule has 6 heteroatoms. The van der Waals surface area contributed by atoms with Gasteiger partial charge in [-0.3, -0.25) is 4.79 Å². The Morgan fingerprint density at radius 1 is 1.24 bits per heavy atom. The number of ether oxygens (including phenoxy) is 2. The van der Waals surface area contributed by atoms with Crippen molar-refractivity contribution in [1.82, 2.24) is 4.98 Å². The molecule has 0 spiro atoms. The Morgan fingerprint density at radius 3 is 2.67 bits per heavy atom. The van der Waals surface area contributed by atoms with Crippen LogP contribution in [0.25, 0.3) is 0 Å². The molecule has 0 bridgehead atoms. The third kappa shape index (κ3) is 3.29. The summed E-state index contributed by atoms with van der Waals surface area (Å²) < 4.78 is 10.3. The van der Waals surface area contributed by atoms with Gasteiger partial charge in [-0.05, 0) is 24.3 Å². The number of aliphatic hydroxyl groups is 1. The van der Waals surface area contributed by atoms with Gasteiger partial charge in [0.15, 0.2) is 11.5 Å². The summed E-state index contributed by atoms with van der Waals surface area (Å²) in [6.07, 6.45) is 1.55. The zero-order valence-corrected chi connectivity index (χ0v) is 11.8. The van der Waals surface area contributed by atoms with Crippen LogP contribution in [0.1, 0.15) is 15.9 Å². The van der Waals surface area contributed by atoms with Crippen molar-refractivity contribution in [3.63, 3.8) is 0 Å². The quantitative estimate of drug-likeness (QED) is 0.877. The lowest BCUT2D eigenvalue weighted by Gasteiger charge is -2.11. The minimum Gasteiger partial charge on any atom is -0.493 e. The summed E-state index contributed by atoms with van der Waals surface area (Å²) in [5, 5.41) is 11.9. The molecule has 2 N–H and O–H groups in total. The van der Waals surface area contributed by atoms with Gasteiger partial charge >= 0.3 is 0 Å². The first kappa shape index (κ1) is 14.8. The number of hydrogen-bond acceptors (Lipinski definition) is 5. The summed E-state index contributed by atoms with van der Waals surface area (Å²) in [5.74, 6) is 1.00. The molecule has 21 heavy (non-hydrogen) atoms. The normalized spacial score (nSPS) is 10.0. The van der Waals surface area contributed by atoms with Gasteiger partial charge in [0, 0.05) is 17.3 Å². The van der Waals surface area contributed by atoms with Gasteiger partial charge in [-0.2, -0.15) is 0 Å². The van der Waals surface area contributed by atoms with Crippen LogP contribution in [0, 0.1) is 0 Å². The SMILES string of the molecule is COc1ccc(C(=O)Nc2ncccc2CO)cc1OC. The van der Waals surface area contributed by atoms with Crippen LogP contribution < -0.4 is 14.8 Å². The molecule has 0 saturated carbocycles. The molecule has 2 rings (SSSR count). The van der Waals surface area contributed by atoms with Crippen molar-refractivity contribution in [1.29, 1.82) is 0 Å². The van der Waals surface area contributed by atoms with Crippen molar-refractivity contribution in [2.75, 3.05) is 19.5 Å². The molecule has 2 aromatic rings.